The summed E-state index contributed by atoms with van der Waals surface area (Å²) in [5.74, 6) is 1.81. The largest absolute Gasteiger partial charge is 0.340 e. The molecule has 1 aromatic heterocycles. The molecule has 0 amide bonds. The van der Waals surface area contributed by atoms with Gasteiger partial charge >= 0.3 is 0 Å². The fourth-order valence-electron chi connectivity index (χ4n) is 1.15. The molecule has 0 radical (unpaired) electrons. The smallest absolute Gasteiger partial charge is 0.223 e. The minimum atomic E-state index is 0.232. The third-order valence-electron chi connectivity index (χ3n) is 3.01. The van der Waals surface area contributed by atoms with Crippen LogP contribution in [0, 0.1) is 12.3 Å². The van der Waals surface area contributed by atoms with E-state index in [2.05, 4.69) is 37.8 Å². The Kier molecular flexibility index (Phi) is 2.74. The van der Waals surface area contributed by atoms with E-state index >= 15 is 0 Å². The summed E-state index contributed by atoms with van der Waals surface area (Å²) in [6.45, 7) is 10.6. The number of hydrogen-bond acceptors (Lipinski definition) is 3. The van der Waals surface area contributed by atoms with Gasteiger partial charge in [-0.1, -0.05) is 39.3 Å². The lowest BCUT2D eigenvalue weighted by atomic mass is 9.77. The van der Waals surface area contributed by atoms with Crippen molar-refractivity contribution in [3.05, 3.63) is 11.7 Å². The minimum Gasteiger partial charge on any atom is -0.340 e. The molecule has 0 saturated carbocycles. The molecule has 3 nitrogen and oxygen atoms in total. The standard InChI is InChI=1S/C10H18N2O/c1-6-10(4,5)7(2)9-11-8(3)13-12-9/h7H,6H2,1-5H3/t7-/m1/s1. The van der Waals surface area contributed by atoms with Crippen LogP contribution in [0.15, 0.2) is 4.52 Å². The first kappa shape index (κ1) is 10.2. The van der Waals surface area contributed by atoms with Crippen molar-refractivity contribution in [2.24, 2.45) is 5.41 Å². The van der Waals surface area contributed by atoms with Gasteiger partial charge in [-0.15, -0.1) is 0 Å². The predicted molar refractivity (Wildman–Crippen MR) is 51.5 cm³/mol. The van der Waals surface area contributed by atoms with Crippen molar-refractivity contribution in [2.75, 3.05) is 0 Å². The van der Waals surface area contributed by atoms with Gasteiger partial charge in [-0.3, -0.25) is 0 Å². The molecular weight excluding hydrogens is 164 g/mol. The Morgan fingerprint density at radius 3 is 2.46 bits per heavy atom. The van der Waals surface area contributed by atoms with E-state index in [1.807, 2.05) is 6.92 Å². The summed E-state index contributed by atoms with van der Waals surface area (Å²) in [5, 5.41) is 3.94. The van der Waals surface area contributed by atoms with Crippen LogP contribution >= 0.6 is 0 Å². The van der Waals surface area contributed by atoms with E-state index in [1.54, 1.807) is 0 Å². The highest BCUT2D eigenvalue weighted by Crippen LogP contribution is 2.36. The van der Waals surface area contributed by atoms with E-state index in [1.165, 1.54) is 0 Å². The molecule has 0 aliphatic carbocycles. The summed E-state index contributed by atoms with van der Waals surface area (Å²) in [5.41, 5.74) is 0.232. The summed E-state index contributed by atoms with van der Waals surface area (Å²) in [7, 11) is 0. The van der Waals surface area contributed by atoms with Crippen molar-refractivity contribution in [2.45, 2.75) is 47.0 Å². The molecule has 0 aliphatic heterocycles. The highest BCUT2D eigenvalue weighted by molar-refractivity contribution is 4.98. The molecule has 0 N–H and O–H groups in total. The van der Waals surface area contributed by atoms with Crippen molar-refractivity contribution < 1.29 is 4.52 Å². The average molecular weight is 182 g/mol. The average Bonchev–Trinajstić information content (AvgIpc) is 2.50. The van der Waals surface area contributed by atoms with E-state index < -0.39 is 0 Å². The van der Waals surface area contributed by atoms with Crippen molar-refractivity contribution in [3.63, 3.8) is 0 Å². The maximum absolute atomic E-state index is 4.96. The van der Waals surface area contributed by atoms with Gasteiger partial charge in [0.15, 0.2) is 5.82 Å². The van der Waals surface area contributed by atoms with Crippen LogP contribution in [0.1, 0.15) is 51.7 Å². The summed E-state index contributed by atoms with van der Waals surface area (Å²) in [6.07, 6.45) is 1.11. The molecule has 74 valence electrons. The molecule has 0 aromatic carbocycles. The van der Waals surface area contributed by atoms with Gasteiger partial charge in [0.05, 0.1) is 0 Å². The van der Waals surface area contributed by atoms with Gasteiger partial charge in [0.1, 0.15) is 0 Å². The van der Waals surface area contributed by atoms with Crippen LogP contribution < -0.4 is 0 Å². The van der Waals surface area contributed by atoms with Crippen LogP contribution in [-0.2, 0) is 0 Å². The lowest BCUT2D eigenvalue weighted by molar-refractivity contribution is 0.271. The third-order valence-corrected chi connectivity index (χ3v) is 3.01. The molecular formula is C10H18N2O. The lowest BCUT2D eigenvalue weighted by Gasteiger charge is -2.27. The van der Waals surface area contributed by atoms with Gasteiger partial charge in [-0.2, -0.15) is 4.98 Å². The van der Waals surface area contributed by atoms with Crippen molar-refractivity contribution in [1.82, 2.24) is 10.1 Å². The molecule has 13 heavy (non-hydrogen) atoms. The summed E-state index contributed by atoms with van der Waals surface area (Å²) in [6, 6.07) is 0. The summed E-state index contributed by atoms with van der Waals surface area (Å²) >= 11 is 0. The van der Waals surface area contributed by atoms with Gasteiger partial charge in [-0.25, -0.2) is 0 Å². The maximum Gasteiger partial charge on any atom is 0.223 e. The van der Waals surface area contributed by atoms with Gasteiger partial charge in [0, 0.05) is 12.8 Å². The first-order valence-electron chi connectivity index (χ1n) is 4.77. The SMILES string of the molecule is CCC(C)(C)[C@H](C)c1noc(C)n1. The molecule has 1 rings (SSSR count). The molecule has 0 aliphatic rings. The fourth-order valence-corrected chi connectivity index (χ4v) is 1.15. The van der Waals surface area contributed by atoms with Crippen molar-refractivity contribution in [1.29, 1.82) is 0 Å². The van der Waals surface area contributed by atoms with Crippen LogP contribution in [0.4, 0.5) is 0 Å². The fraction of sp³-hybridized carbons (Fsp3) is 0.800. The van der Waals surface area contributed by atoms with Crippen LogP contribution in [0.5, 0.6) is 0 Å². The molecule has 1 atom stereocenters. The van der Waals surface area contributed by atoms with Crippen LogP contribution in [0.3, 0.4) is 0 Å². The monoisotopic (exact) mass is 182 g/mol. The summed E-state index contributed by atoms with van der Waals surface area (Å²) < 4.78 is 4.96. The topological polar surface area (TPSA) is 38.9 Å². The van der Waals surface area contributed by atoms with Gasteiger partial charge in [-0.05, 0) is 5.41 Å². The van der Waals surface area contributed by atoms with E-state index in [-0.39, 0.29) is 5.41 Å². The second-order valence-electron chi connectivity index (χ2n) is 4.24. The minimum absolute atomic E-state index is 0.232. The Hall–Kier alpha value is -0.860. The second kappa shape index (κ2) is 3.48. The molecule has 1 heterocycles. The molecule has 0 fully saturated rings. The number of aryl methyl sites for hydroxylation is 1. The number of aromatic nitrogens is 2. The summed E-state index contributed by atoms with van der Waals surface area (Å²) in [4.78, 5) is 4.25. The van der Waals surface area contributed by atoms with E-state index in [0.29, 0.717) is 11.8 Å². The van der Waals surface area contributed by atoms with E-state index in [4.69, 9.17) is 4.52 Å². The predicted octanol–water partition coefficient (Wildman–Crippen LogP) is 2.92. The normalized spacial score (nSPS) is 14.5. The molecule has 1 aromatic rings. The molecule has 3 heteroatoms. The molecule has 0 unspecified atom stereocenters. The highest BCUT2D eigenvalue weighted by Gasteiger charge is 2.28. The van der Waals surface area contributed by atoms with Gasteiger partial charge in [0.25, 0.3) is 0 Å². The zero-order chi connectivity index (χ0) is 10.1. The molecule has 0 spiro atoms. The Morgan fingerprint density at radius 1 is 1.46 bits per heavy atom. The van der Waals surface area contributed by atoms with Gasteiger partial charge < -0.3 is 4.52 Å². The second-order valence-corrected chi connectivity index (χ2v) is 4.24. The van der Waals surface area contributed by atoms with E-state index in [9.17, 15) is 0 Å². The Balaban J connectivity index is 2.84. The zero-order valence-electron chi connectivity index (χ0n) is 9.09. The Labute approximate surface area is 79.5 Å². The molecule has 0 bridgehead atoms. The lowest BCUT2D eigenvalue weighted by Crippen LogP contribution is -2.19. The van der Waals surface area contributed by atoms with Crippen LogP contribution in [0.25, 0.3) is 0 Å². The highest BCUT2D eigenvalue weighted by atomic mass is 16.5. The van der Waals surface area contributed by atoms with Crippen molar-refractivity contribution in [3.8, 4) is 0 Å². The molecule has 0 saturated heterocycles. The van der Waals surface area contributed by atoms with E-state index in [0.717, 1.165) is 12.2 Å². The third kappa shape index (κ3) is 2.08. The number of rotatable bonds is 3. The first-order valence-corrected chi connectivity index (χ1v) is 4.77. The first-order chi connectivity index (χ1) is 5.97. The Morgan fingerprint density at radius 2 is 2.08 bits per heavy atom. The zero-order valence-corrected chi connectivity index (χ0v) is 9.09. The van der Waals surface area contributed by atoms with Gasteiger partial charge in [0.2, 0.25) is 5.89 Å². The number of hydrogen-bond donors (Lipinski definition) is 0. The maximum atomic E-state index is 4.96. The van der Waals surface area contributed by atoms with Crippen LogP contribution in [0.2, 0.25) is 0 Å². The quantitative estimate of drug-likeness (QED) is 0.721. The number of nitrogens with zero attached hydrogens (tertiary/aromatic N) is 2. The van der Waals surface area contributed by atoms with Crippen LogP contribution in [-0.4, -0.2) is 10.1 Å². The Bertz CT molecular complexity index is 278. The van der Waals surface area contributed by atoms with Crippen molar-refractivity contribution >= 4 is 0 Å².